The third-order valence-electron chi connectivity index (χ3n) is 3.18. The molecule has 0 fully saturated rings. The first-order valence-corrected chi connectivity index (χ1v) is 6.05. The van der Waals surface area contributed by atoms with Gasteiger partial charge in [-0.1, -0.05) is 5.21 Å². The van der Waals surface area contributed by atoms with Gasteiger partial charge in [0.1, 0.15) is 11.9 Å². The summed E-state index contributed by atoms with van der Waals surface area (Å²) in [6.45, 7) is 0. The average molecular weight is 245 g/mol. The predicted molar refractivity (Wildman–Crippen MR) is 66.6 cm³/mol. The summed E-state index contributed by atoms with van der Waals surface area (Å²) in [7, 11) is 1.92. The number of rotatable bonds is 3. The molecule has 6 nitrogen and oxygen atoms in total. The number of anilines is 1. The summed E-state index contributed by atoms with van der Waals surface area (Å²) in [4.78, 5) is 0. The number of hydrogen-bond acceptors (Lipinski definition) is 5. The van der Waals surface area contributed by atoms with E-state index < -0.39 is 0 Å². The van der Waals surface area contributed by atoms with Gasteiger partial charge in [-0.2, -0.15) is 5.21 Å². The number of aromatic amines is 1. The molecular weight excluding hydrogens is 230 g/mol. The Morgan fingerprint density at radius 2 is 2.44 bits per heavy atom. The molecule has 1 atom stereocenters. The smallest absolute Gasteiger partial charge is 0.178 e. The summed E-state index contributed by atoms with van der Waals surface area (Å²) in [6.07, 6.45) is 2.83. The molecule has 0 saturated heterocycles. The van der Waals surface area contributed by atoms with E-state index in [9.17, 15) is 0 Å². The second kappa shape index (κ2) is 4.64. The highest BCUT2D eigenvalue weighted by molar-refractivity contribution is 5.51. The molecule has 0 aliphatic carbocycles. The molecule has 2 heterocycles. The molecule has 2 aromatic rings. The fourth-order valence-electron chi connectivity index (χ4n) is 2.22. The zero-order chi connectivity index (χ0) is 12.4. The first kappa shape index (κ1) is 11.0. The van der Waals surface area contributed by atoms with Gasteiger partial charge in [0.25, 0.3) is 0 Å². The molecule has 1 aromatic carbocycles. The number of benzene rings is 1. The van der Waals surface area contributed by atoms with Crippen molar-refractivity contribution in [3.05, 3.63) is 29.6 Å². The van der Waals surface area contributed by atoms with Gasteiger partial charge in [0.2, 0.25) is 0 Å². The normalized spacial score (nSPS) is 17.9. The lowest BCUT2D eigenvalue weighted by Gasteiger charge is -2.25. The SMILES string of the molecule is CNc1ccc2c(c1)CCC(Cc1nn[nH]n1)O2. The maximum Gasteiger partial charge on any atom is 0.178 e. The number of H-pyrrole nitrogens is 1. The van der Waals surface area contributed by atoms with Crippen molar-refractivity contribution in [2.24, 2.45) is 0 Å². The highest BCUT2D eigenvalue weighted by atomic mass is 16.5. The van der Waals surface area contributed by atoms with Gasteiger partial charge >= 0.3 is 0 Å². The lowest BCUT2D eigenvalue weighted by Crippen LogP contribution is -2.25. The van der Waals surface area contributed by atoms with Gasteiger partial charge in [-0.05, 0) is 36.6 Å². The summed E-state index contributed by atoms with van der Waals surface area (Å²) < 4.78 is 5.96. The number of aromatic nitrogens is 4. The van der Waals surface area contributed by atoms with Crippen LogP contribution in [0.2, 0.25) is 0 Å². The average Bonchev–Trinajstić information content (AvgIpc) is 2.91. The number of fused-ring (bicyclic) bond motifs is 1. The van der Waals surface area contributed by atoms with Crippen LogP contribution in [0.5, 0.6) is 5.75 Å². The molecule has 0 bridgehead atoms. The summed E-state index contributed by atoms with van der Waals surface area (Å²) in [6, 6.07) is 6.18. The van der Waals surface area contributed by atoms with Crippen molar-refractivity contribution in [1.82, 2.24) is 20.6 Å². The van der Waals surface area contributed by atoms with Gasteiger partial charge in [0.05, 0.1) is 0 Å². The molecule has 0 amide bonds. The second-order valence-corrected chi connectivity index (χ2v) is 4.38. The van der Waals surface area contributed by atoms with E-state index in [4.69, 9.17) is 4.74 Å². The number of tetrazole rings is 1. The zero-order valence-electron chi connectivity index (χ0n) is 10.2. The first-order chi connectivity index (χ1) is 8.85. The Bertz CT molecular complexity index is 525. The molecule has 2 N–H and O–H groups in total. The summed E-state index contributed by atoms with van der Waals surface area (Å²) in [5.74, 6) is 1.67. The highest BCUT2D eigenvalue weighted by Gasteiger charge is 2.21. The third kappa shape index (κ3) is 2.13. The first-order valence-electron chi connectivity index (χ1n) is 6.05. The largest absolute Gasteiger partial charge is 0.490 e. The summed E-state index contributed by atoms with van der Waals surface area (Å²) in [5, 5.41) is 17.1. The van der Waals surface area contributed by atoms with Crippen LogP contribution in [0.1, 0.15) is 17.8 Å². The van der Waals surface area contributed by atoms with Crippen molar-refractivity contribution < 1.29 is 4.74 Å². The Morgan fingerprint density at radius 3 is 3.22 bits per heavy atom. The molecule has 0 saturated carbocycles. The van der Waals surface area contributed by atoms with E-state index >= 15 is 0 Å². The standard InChI is InChI=1S/C12H15N5O/c1-13-9-3-5-11-8(6-9)2-4-10(18-11)7-12-14-16-17-15-12/h3,5-6,10,13H,2,4,7H2,1H3,(H,14,15,16,17). The number of nitrogens with one attached hydrogen (secondary N) is 2. The van der Waals surface area contributed by atoms with Crippen molar-refractivity contribution in [3.8, 4) is 5.75 Å². The summed E-state index contributed by atoms with van der Waals surface area (Å²) in [5.41, 5.74) is 2.38. The van der Waals surface area contributed by atoms with Crippen LogP contribution in [0.3, 0.4) is 0 Å². The maximum atomic E-state index is 5.96. The molecule has 1 unspecified atom stereocenters. The van der Waals surface area contributed by atoms with E-state index in [1.54, 1.807) is 0 Å². The Hall–Kier alpha value is -2.11. The molecule has 1 aliphatic rings. The molecule has 94 valence electrons. The molecule has 6 heteroatoms. The lowest BCUT2D eigenvalue weighted by molar-refractivity contribution is 0.171. The van der Waals surface area contributed by atoms with Crippen molar-refractivity contribution in [2.75, 3.05) is 12.4 Å². The number of hydrogen-bond donors (Lipinski definition) is 2. The van der Waals surface area contributed by atoms with E-state index in [0.29, 0.717) is 12.2 Å². The molecule has 1 aliphatic heterocycles. The minimum absolute atomic E-state index is 0.135. The zero-order valence-corrected chi connectivity index (χ0v) is 10.2. The van der Waals surface area contributed by atoms with Gasteiger partial charge < -0.3 is 10.1 Å². The number of nitrogens with zero attached hydrogens (tertiary/aromatic N) is 3. The van der Waals surface area contributed by atoms with Gasteiger partial charge in [-0.25, -0.2) is 0 Å². The van der Waals surface area contributed by atoms with Gasteiger partial charge in [0, 0.05) is 19.2 Å². The predicted octanol–water partition coefficient (Wildman–Crippen LogP) is 1.18. The van der Waals surface area contributed by atoms with Crippen LogP contribution in [-0.2, 0) is 12.8 Å². The van der Waals surface area contributed by atoms with E-state index in [1.165, 1.54) is 5.56 Å². The molecular formula is C12H15N5O. The highest BCUT2D eigenvalue weighted by Crippen LogP contribution is 2.30. The number of ether oxygens (including phenoxy) is 1. The quantitative estimate of drug-likeness (QED) is 0.849. The fourth-order valence-corrected chi connectivity index (χ4v) is 2.22. The topological polar surface area (TPSA) is 75.7 Å². The minimum atomic E-state index is 0.135. The van der Waals surface area contributed by atoms with Crippen molar-refractivity contribution in [1.29, 1.82) is 0 Å². The van der Waals surface area contributed by atoms with Crippen molar-refractivity contribution >= 4 is 5.69 Å². The van der Waals surface area contributed by atoms with Crippen molar-refractivity contribution in [3.63, 3.8) is 0 Å². The van der Waals surface area contributed by atoms with Crippen LogP contribution < -0.4 is 10.1 Å². The Labute approximate surface area is 105 Å². The van der Waals surface area contributed by atoms with Gasteiger partial charge in [0.15, 0.2) is 5.82 Å². The van der Waals surface area contributed by atoms with E-state index in [-0.39, 0.29) is 6.10 Å². The van der Waals surface area contributed by atoms with E-state index in [1.807, 2.05) is 19.2 Å². The van der Waals surface area contributed by atoms with Crippen LogP contribution in [0.15, 0.2) is 18.2 Å². The molecule has 18 heavy (non-hydrogen) atoms. The third-order valence-corrected chi connectivity index (χ3v) is 3.18. The van der Waals surface area contributed by atoms with Crippen molar-refractivity contribution in [2.45, 2.75) is 25.4 Å². The monoisotopic (exact) mass is 245 g/mol. The Kier molecular flexibility index (Phi) is 2.84. The van der Waals surface area contributed by atoms with Crippen LogP contribution in [0.4, 0.5) is 5.69 Å². The molecule has 1 aromatic heterocycles. The number of aryl methyl sites for hydroxylation is 1. The van der Waals surface area contributed by atoms with Crippen LogP contribution in [0.25, 0.3) is 0 Å². The summed E-state index contributed by atoms with van der Waals surface area (Å²) >= 11 is 0. The van der Waals surface area contributed by atoms with Crippen LogP contribution in [0, 0.1) is 0 Å². The lowest BCUT2D eigenvalue weighted by atomic mass is 10.00. The minimum Gasteiger partial charge on any atom is -0.490 e. The fraction of sp³-hybridized carbons (Fsp3) is 0.417. The molecule has 3 rings (SSSR count). The Balaban J connectivity index is 1.73. The molecule has 0 spiro atoms. The van der Waals surface area contributed by atoms with Crippen LogP contribution >= 0.6 is 0 Å². The maximum absolute atomic E-state index is 5.96. The van der Waals surface area contributed by atoms with Gasteiger partial charge in [-0.15, -0.1) is 10.2 Å². The second-order valence-electron chi connectivity index (χ2n) is 4.38. The Morgan fingerprint density at radius 1 is 1.50 bits per heavy atom. The van der Waals surface area contributed by atoms with Gasteiger partial charge in [-0.3, -0.25) is 0 Å². The van der Waals surface area contributed by atoms with E-state index in [0.717, 1.165) is 24.3 Å². The van der Waals surface area contributed by atoms with Crippen LogP contribution in [-0.4, -0.2) is 33.8 Å². The molecule has 0 radical (unpaired) electrons. The van der Waals surface area contributed by atoms with E-state index in [2.05, 4.69) is 32.0 Å².